The number of benzene rings is 2. The first-order chi connectivity index (χ1) is 16.6. The molecule has 0 bridgehead atoms. The number of hydrogen-bond acceptors (Lipinski definition) is 6. The van der Waals surface area contributed by atoms with Crippen LogP contribution in [-0.4, -0.2) is 34.2 Å². The summed E-state index contributed by atoms with van der Waals surface area (Å²) < 4.78 is 6.17. The van der Waals surface area contributed by atoms with Gasteiger partial charge in [0.2, 0.25) is 5.95 Å². The Hall–Kier alpha value is -3.16. The van der Waals surface area contributed by atoms with Crippen LogP contribution in [-0.2, 0) is 26.1 Å². The van der Waals surface area contributed by atoms with E-state index in [1.165, 1.54) is 11.1 Å². The first kappa shape index (κ1) is 24.0. The largest absolute Gasteiger partial charge is 0.471 e. The van der Waals surface area contributed by atoms with Crippen molar-refractivity contribution in [3.8, 4) is 5.75 Å². The van der Waals surface area contributed by atoms with Crippen LogP contribution in [0, 0.1) is 0 Å². The third-order valence-electron chi connectivity index (χ3n) is 6.00. The van der Waals surface area contributed by atoms with Gasteiger partial charge in [-0.25, -0.2) is 4.98 Å². The molecule has 0 amide bonds. The zero-order valence-corrected chi connectivity index (χ0v) is 20.1. The Kier molecular flexibility index (Phi) is 8.33. The zero-order valence-electron chi connectivity index (χ0n) is 20.1. The van der Waals surface area contributed by atoms with E-state index in [0.29, 0.717) is 12.5 Å². The van der Waals surface area contributed by atoms with Crippen molar-refractivity contribution in [1.82, 2.24) is 20.2 Å². The molecule has 0 saturated carbocycles. The lowest BCUT2D eigenvalue weighted by Gasteiger charge is -2.28. The van der Waals surface area contributed by atoms with Crippen LogP contribution in [0.5, 0.6) is 5.75 Å². The Balaban J connectivity index is 1.39. The lowest BCUT2D eigenvalue weighted by molar-refractivity contribution is 0.223. The number of aromatic amines is 1. The molecule has 34 heavy (non-hydrogen) atoms. The van der Waals surface area contributed by atoms with Gasteiger partial charge >= 0.3 is 0 Å². The van der Waals surface area contributed by atoms with E-state index in [9.17, 15) is 4.79 Å². The molecule has 2 aromatic carbocycles. The van der Waals surface area contributed by atoms with Gasteiger partial charge in [-0.3, -0.25) is 14.7 Å². The maximum Gasteiger partial charge on any atom is 0.257 e. The van der Waals surface area contributed by atoms with E-state index in [1.807, 2.05) is 37.3 Å². The van der Waals surface area contributed by atoms with E-state index in [2.05, 4.69) is 51.7 Å². The second-order valence-corrected chi connectivity index (χ2v) is 8.77. The molecule has 1 unspecified atom stereocenters. The second-order valence-electron chi connectivity index (χ2n) is 8.77. The van der Waals surface area contributed by atoms with Crippen LogP contribution in [0.15, 0.2) is 59.4 Å². The summed E-state index contributed by atoms with van der Waals surface area (Å²) in [5, 5.41) is 6.69. The molecular formula is C27H35N5O2. The van der Waals surface area contributed by atoms with Gasteiger partial charge in [0.25, 0.3) is 5.56 Å². The predicted octanol–water partition coefficient (Wildman–Crippen LogP) is 4.05. The molecule has 2 heterocycles. The zero-order chi connectivity index (χ0) is 23.8. The van der Waals surface area contributed by atoms with Crippen molar-refractivity contribution < 1.29 is 4.74 Å². The molecule has 1 aliphatic heterocycles. The van der Waals surface area contributed by atoms with Crippen molar-refractivity contribution in [3.63, 3.8) is 0 Å². The molecule has 1 aromatic heterocycles. The Morgan fingerprint density at radius 2 is 1.94 bits per heavy atom. The van der Waals surface area contributed by atoms with Crippen LogP contribution in [0.3, 0.4) is 0 Å². The minimum absolute atomic E-state index is 0.0795. The van der Waals surface area contributed by atoms with Crippen LogP contribution in [0.2, 0.25) is 0 Å². The van der Waals surface area contributed by atoms with Gasteiger partial charge in [0.15, 0.2) is 6.23 Å². The molecule has 0 saturated heterocycles. The first-order valence-corrected chi connectivity index (χ1v) is 12.3. The van der Waals surface area contributed by atoms with Crippen LogP contribution in [0.4, 0.5) is 5.95 Å². The van der Waals surface area contributed by atoms with Crippen LogP contribution in [0.25, 0.3) is 0 Å². The molecule has 180 valence electrons. The molecule has 7 nitrogen and oxygen atoms in total. The minimum atomic E-state index is -0.293. The molecule has 4 rings (SSSR count). The van der Waals surface area contributed by atoms with E-state index in [1.54, 1.807) is 0 Å². The summed E-state index contributed by atoms with van der Waals surface area (Å²) in [6, 6.07) is 18.5. The Morgan fingerprint density at radius 3 is 2.74 bits per heavy atom. The second kappa shape index (κ2) is 11.8. The normalized spacial score (nSPS) is 14.4. The van der Waals surface area contributed by atoms with Gasteiger partial charge in [0.05, 0.1) is 11.3 Å². The molecule has 0 aliphatic carbocycles. The van der Waals surface area contributed by atoms with Gasteiger partial charge in [0, 0.05) is 39.0 Å². The molecule has 3 N–H and O–H groups in total. The van der Waals surface area contributed by atoms with Crippen molar-refractivity contribution in [2.75, 3.05) is 18.4 Å². The van der Waals surface area contributed by atoms with Crippen molar-refractivity contribution >= 4 is 5.95 Å². The highest BCUT2D eigenvalue weighted by atomic mass is 16.5. The van der Waals surface area contributed by atoms with Gasteiger partial charge in [-0.1, -0.05) is 56.3 Å². The summed E-state index contributed by atoms with van der Waals surface area (Å²) >= 11 is 0. The van der Waals surface area contributed by atoms with Crippen molar-refractivity contribution in [3.05, 3.63) is 87.3 Å². The predicted molar refractivity (Wildman–Crippen MR) is 136 cm³/mol. The topological polar surface area (TPSA) is 82.3 Å². The lowest BCUT2D eigenvalue weighted by atomic mass is 10.1. The van der Waals surface area contributed by atoms with Gasteiger partial charge in [-0.2, -0.15) is 0 Å². The van der Waals surface area contributed by atoms with Crippen molar-refractivity contribution in [1.29, 1.82) is 0 Å². The molecular weight excluding hydrogens is 426 g/mol. The van der Waals surface area contributed by atoms with Crippen LogP contribution >= 0.6 is 0 Å². The summed E-state index contributed by atoms with van der Waals surface area (Å²) in [7, 11) is 0. The van der Waals surface area contributed by atoms with Gasteiger partial charge < -0.3 is 15.4 Å². The molecule has 1 aliphatic rings. The van der Waals surface area contributed by atoms with Gasteiger partial charge in [-0.05, 0) is 36.2 Å². The fourth-order valence-corrected chi connectivity index (χ4v) is 4.20. The monoisotopic (exact) mass is 461 g/mol. The van der Waals surface area contributed by atoms with Crippen LogP contribution < -0.4 is 20.9 Å². The van der Waals surface area contributed by atoms with E-state index in [-0.39, 0.29) is 11.8 Å². The number of nitrogens with zero attached hydrogens (tertiary/aromatic N) is 2. The molecule has 7 heteroatoms. The van der Waals surface area contributed by atoms with Crippen molar-refractivity contribution in [2.45, 2.75) is 59.0 Å². The number of hydrogen-bond donors (Lipinski definition) is 3. The number of aromatic nitrogens is 2. The van der Waals surface area contributed by atoms with E-state index in [4.69, 9.17) is 9.72 Å². The number of nitrogens with one attached hydrogen (secondary N) is 3. The highest BCUT2D eigenvalue weighted by molar-refractivity contribution is 5.33. The smallest absolute Gasteiger partial charge is 0.257 e. The minimum Gasteiger partial charge on any atom is -0.471 e. The molecule has 0 fully saturated rings. The number of fused-ring (bicyclic) bond motifs is 1. The maximum absolute atomic E-state index is 12.9. The molecule has 3 aromatic rings. The van der Waals surface area contributed by atoms with E-state index in [0.717, 1.165) is 62.4 Å². The first-order valence-electron chi connectivity index (χ1n) is 12.3. The van der Waals surface area contributed by atoms with E-state index < -0.39 is 0 Å². The molecule has 0 radical (unpaired) electrons. The van der Waals surface area contributed by atoms with Gasteiger partial charge in [0.1, 0.15) is 5.75 Å². The fourth-order valence-electron chi connectivity index (χ4n) is 4.20. The summed E-state index contributed by atoms with van der Waals surface area (Å²) in [5.74, 6) is 1.26. The number of anilines is 1. The SMILES string of the molecule is CCCNCc1cccc(OC(CC)Nc2nc3c(c(=O)[nH]2)CN(Cc2ccccc2)CC3)c1. The molecule has 0 spiro atoms. The van der Waals surface area contributed by atoms with Gasteiger partial charge in [-0.15, -0.1) is 0 Å². The van der Waals surface area contributed by atoms with E-state index >= 15 is 0 Å². The quantitative estimate of drug-likeness (QED) is 0.295. The highest BCUT2D eigenvalue weighted by Gasteiger charge is 2.22. The number of H-pyrrole nitrogens is 1. The summed E-state index contributed by atoms with van der Waals surface area (Å²) in [5.41, 5.74) is 3.98. The Labute approximate surface area is 201 Å². The Morgan fingerprint density at radius 1 is 1.12 bits per heavy atom. The maximum atomic E-state index is 12.9. The average Bonchev–Trinajstić information content (AvgIpc) is 2.85. The van der Waals surface area contributed by atoms with Crippen molar-refractivity contribution in [2.24, 2.45) is 0 Å². The lowest BCUT2D eigenvalue weighted by Crippen LogP contribution is -2.36. The summed E-state index contributed by atoms with van der Waals surface area (Å²) in [4.78, 5) is 22.8. The number of ether oxygens (including phenoxy) is 1. The third kappa shape index (κ3) is 6.46. The third-order valence-corrected chi connectivity index (χ3v) is 6.00. The summed E-state index contributed by atoms with van der Waals surface area (Å²) in [6.45, 7) is 8.33. The Bertz CT molecular complexity index is 1120. The molecule has 1 atom stereocenters. The summed E-state index contributed by atoms with van der Waals surface area (Å²) in [6.07, 6.45) is 2.29. The van der Waals surface area contributed by atoms with Crippen LogP contribution in [0.1, 0.15) is 49.1 Å². The highest BCUT2D eigenvalue weighted by Crippen LogP contribution is 2.19. The standard InChI is InChI=1S/C27H35N5O2/c1-3-14-28-17-21-11-8-12-22(16-21)34-25(4-2)30-27-29-24-13-15-32(19-23(24)26(33)31-27)18-20-9-6-5-7-10-20/h5-12,16,25,28H,3-4,13-15,17-19H2,1-2H3,(H2,29,30,31,33). The average molecular weight is 462 g/mol. The fraction of sp³-hybridized carbons (Fsp3) is 0.407. The number of rotatable bonds is 11.